The second-order valence-electron chi connectivity index (χ2n) is 3.81. The highest BCUT2D eigenvalue weighted by molar-refractivity contribution is 5.83. The first-order valence-electron chi connectivity index (χ1n) is 5.65. The number of pyridine rings is 1. The molecule has 0 aliphatic carbocycles. The fourth-order valence-corrected chi connectivity index (χ4v) is 1.89. The average molecular weight is 232 g/mol. The van der Waals surface area contributed by atoms with Crippen LogP contribution in [0.5, 0.6) is 0 Å². The summed E-state index contributed by atoms with van der Waals surface area (Å²) in [7, 11) is 0. The van der Waals surface area contributed by atoms with E-state index >= 15 is 0 Å². The SMILES string of the molecule is CCNC(=O)Cn1cc(CN)c2cccnc21. The summed E-state index contributed by atoms with van der Waals surface area (Å²) < 4.78 is 1.84. The highest BCUT2D eigenvalue weighted by atomic mass is 16.1. The Morgan fingerprint density at radius 1 is 1.59 bits per heavy atom. The first-order chi connectivity index (χ1) is 8.26. The zero-order chi connectivity index (χ0) is 12.3. The lowest BCUT2D eigenvalue weighted by Crippen LogP contribution is -2.26. The summed E-state index contributed by atoms with van der Waals surface area (Å²) in [6, 6.07) is 3.84. The van der Waals surface area contributed by atoms with Crippen LogP contribution in [-0.2, 0) is 17.9 Å². The lowest BCUT2D eigenvalue weighted by atomic mass is 10.2. The third-order valence-electron chi connectivity index (χ3n) is 2.62. The van der Waals surface area contributed by atoms with Crippen LogP contribution in [0.3, 0.4) is 0 Å². The van der Waals surface area contributed by atoms with Gasteiger partial charge in [0.05, 0.1) is 0 Å². The molecule has 90 valence electrons. The molecule has 5 nitrogen and oxygen atoms in total. The predicted octanol–water partition coefficient (Wildman–Crippen LogP) is 0.631. The van der Waals surface area contributed by atoms with Crippen molar-refractivity contribution in [2.75, 3.05) is 6.54 Å². The Morgan fingerprint density at radius 2 is 2.41 bits per heavy atom. The molecule has 0 aromatic carbocycles. The van der Waals surface area contributed by atoms with Gasteiger partial charge < -0.3 is 15.6 Å². The quantitative estimate of drug-likeness (QED) is 0.812. The van der Waals surface area contributed by atoms with Gasteiger partial charge in [-0.1, -0.05) is 0 Å². The molecule has 17 heavy (non-hydrogen) atoms. The molecule has 0 aliphatic heterocycles. The first-order valence-corrected chi connectivity index (χ1v) is 5.65. The van der Waals surface area contributed by atoms with E-state index in [-0.39, 0.29) is 12.5 Å². The maximum Gasteiger partial charge on any atom is 0.239 e. The molecule has 2 heterocycles. The Morgan fingerprint density at radius 3 is 3.12 bits per heavy atom. The highest BCUT2D eigenvalue weighted by Gasteiger charge is 2.10. The molecule has 0 bridgehead atoms. The molecule has 0 spiro atoms. The normalized spacial score (nSPS) is 10.7. The van der Waals surface area contributed by atoms with Crippen LogP contribution in [0.15, 0.2) is 24.5 Å². The van der Waals surface area contributed by atoms with Gasteiger partial charge in [-0.15, -0.1) is 0 Å². The van der Waals surface area contributed by atoms with Gasteiger partial charge in [-0.2, -0.15) is 0 Å². The molecule has 0 atom stereocenters. The largest absolute Gasteiger partial charge is 0.355 e. The van der Waals surface area contributed by atoms with Crippen molar-refractivity contribution in [3.05, 3.63) is 30.1 Å². The number of rotatable bonds is 4. The van der Waals surface area contributed by atoms with E-state index in [1.54, 1.807) is 6.20 Å². The van der Waals surface area contributed by atoms with Gasteiger partial charge in [-0.05, 0) is 24.6 Å². The second-order valence-corrected chi connectivity index (χ2v) is 3.81. The van der Waals surface area contributed by atoms with Crippen LogP contribution in [0, 0.1) is 0 Å². The van der Waals surface area contributed by atoms with Gasteiger partial charge in [0.25, 0.3) is 0 Å². The third-order valence-corrected chi connectivity index (χ3v) is 2.62. The maximum absolute atomic E-state index is 11.6. The minimum atomic E-state index is -0.0152. The molecule has 1 amide bonds. The number of hydrogen-bond acceptors (Lipinski definition) is 3. The van der Waals surface area contributed by atoms with Crippen LogP contribution >= 0.6 is 0 Å². The minimum Gasteiger partial charge on any atom is -0.355 e. The molecular weight excluding hydrogens is 216 g/mol. The van der Waals surface area contributed by atoms with Crippen molar-refractivity contribution in [3.8, 4) is 0 Å². The number of likely N-dealkylation sites (N-methyl/N-ethyl adjacent to an activating group) is 1. The van der Waals surface area contributed by atoms with E-state index < -0.39 is 0 Å². The monoisotopic (exact) mass is 232 g/mol. The number of carbonyl (C=O) groups excluding carboxylic acids is 1. The van der Waals surface area contributed by atoms with E-state index in [9.17, 15) is 4.79 Å². The minimum absolute atomic E-state index is 0.0152. The van der Waals surface area contributed by atoms with Crippen molar-refractivity contribution in [1.82, 2.24) is 14.9 Å². The second kappa shape index (κ2) is 4.97. The van der Waals surface area contributed by atoms with Crippen molar-refractivity contribution in [1.29, 1.82) is 0 Å². The zero-order valence-corrected chi connectivity index (χ0v) is 9.81. The number of fused-ring (bicyclic) bond motifs is 1. The molecular formula is C12H16N4O. The summed E-state index contributed by atoms with van der Waals surface area (Å²) in [6.45, 7) is 3.26. The van der Waals surface area contributed by atoms with Gasteiger partial charge in [0.2, 0.25) is 5.91 Å². The molecule has 2 aromatic rings. The van der Waals surface area contributed by atoms with Gasteiger partial charge in [0.15, 0.2) is 0 Å². The first kappa shape index (κ1) is 11.6. The standard InChI is InChI=1S/C12H16N4O/c1-2-14-11(17)8-16-7-9(6-13)10-4-3-5-15-12(10)16/h3-5,7H,2,6,8,13H2,1H3,(H,14,17). The van der Waals surface area contributed by atoms with E-state index in [0.29, 0.717) is 13.1 Å². The van der Waals surface area contributed by atoms with Crippen LogP contribution in [0.4, 0.5) is 0 Å². The van der Waals surface area contributed by atoms with E-state index in [4.69, 9.17) is 5.73 Å². The van der Waals surface area contributed by atoms with Crippen LogP contribution in [-0.4, -0.2) is 22.0 Å². The molecule has 2 aromatic heterocycles. The molecule has 0 radical (unpaired) electrons. The number of hydrogen-bond donors (Lipinski definition) is 2. The van der Waals surface area contributed by atoms with Crippen molar-refractivity contribution >= 4 is 16.9 Å². The fourth-order valence-electron chi connectivity index (χ4n) is 1.89. The lowest BCUT2D eigenvalue weighted by molar-refractivity contribution is -0.121. The molecule has 3 N–H and O–H groups in total. The molecule has 0 saturated carbocycles. The van der Waals surface area contributed by atoms with Crippen molar-refractivity contribution < 1.29 is 4.79 Å². The van der Waals surface area contributed by atoms with Gasteiger partial charge in [-0.3, -0.25) is 4.79 Å². The Labute approximate surface area is 99.6 Å². The number of nitrogens with zero attached hydrogens (tertiary/aromatic N) is 2. The Bertz CT molecular complexity index is 532. The van der Waals surface area contributed by atoms with Crippen LogP contribution in [0.1, 0.15) is 12.5 Å². The van der Waals surface area contributed by atoms with E-state index in [1.807, 2.05) is 29.8 Å². The van der Waals surface area contributed by atoms with Crippen LogP contribution in [0.2, 0.25) is 0 Å². The number of nitrogens with two attached hydrogens (primary N) is 1. The highest BCUT2D eigenvalue weighted by Crippen LogP contribution is 2.18. The molecule has 0 unspecified atom stereocenters. The molecule has 0 aliphatic rings. The number of amides is 1. The maximum atomic E-state index is 11.6. The molecule has 0 saturated heterocycles. The molecule has 2 rings (SSSR count). The Kier molecular flexibility index (Phi) is 3.39. The molecule has 0 fully saturated rings. The van der Waals surface area contributed by atoms with E-state index in [2.05, 4.69) is 10.3 Å². The fraction of sp³-hybridized carbons (Fsp3) is 0.333. The number of aromatic nitrogens is 2. The summed E-state index contributed by atoms with van der Waals surface area (Å²) >= 11 is 0. The van der Waals surface area contributed by atoms with E-state index in [0.717, 1.165) is 16.6 Å². The van der Waals surface area contributed by atoms with Crippen LogP contribution < -0.4 is 11.1 Å². The zero-order valence-electron chi connectivity index (χ0n) is 9.81. The number of carbonyl (C=O) groups is 1. The topological polar surface area (TPSA) is 72.9 Å². The van der Waals surface area contributed by atoms with Crippen molar-refractivity contribution in [2.24, 2.45) is 5.73 Å². The Hall–Kier alpha value is -1.88. The molecule has 5 heteroatoms. The summed E-state index contributed by atoms with van der Waals surface area (Å²) in [5.74, 6) is -0.0152. The summed E-state index contributed by atoms with van der Waals surface area (Å²) in [4.78, 5) is 15.9. The number of nitrogens with one attached hydrogen (secondary N) is 1. The van der Waals surface area contributed by atoms with Gasteiger partial charge in [-0.25, -0.2) is 4.98 Å². The predicted molar refractivity (Wildman–Crippen MR) is 66.3 cm³/mol. The smallest absolute Gasteiger partial charge is 0.239 e. The van der Waals surface area contributed by atoms with Gasteiger partial charge in [0, 0.05) is 30.9 Å². The van der Waals surface area contributed by atoms with E-state index in [1.165, 1.54) is 0 Å². The summed E-state index contributed by atoms with van der Waals surface area (Å²) in [5, 5.41) is 3.78. The lowest BCUT2D eigenvalue weighted by Gasteiger charge is -2.04. The van der Waals surface area contributed by atoms with Gasteiger partial charge >= 0.3 is 0 Å². The summed E-state index contributed by atoms with van der Waals surface area (Å²) in [6.07, 6.45) is 3.61. The summed E-state index contributed by atoms with van der Waals surface area (Å²) in [5.41, 5.74) is 7.49. The van der Waals surface area contributed by atoms with Crippen LogP contribution in [0.25, 0.3) is 11.0 Å². The van der Waals surface area contributed by atoms with Crippen molar-refractivity contribution in [3.63, 3.8) is 0 Å². The van der Waals surface area contributed by atoms with Gasteiger partial charge in [0.1, 0.15) is 12.2 Å². The Balaban J connectivity index is 2.37. The average Bonchev–Trinajstić information content (AvgIpc) is 2.68. The third kappa shape index (κ3) is 2.29. The van der Waals surface area contributed by atoms with Crippen molar-refractivity contribution in [2.45, 2.75) is 20.0 Å².